The predicted octanol–water partition coefficient (Wildman–Crippen LogP) is 3.79. The molecule has 1 atom stereocenters. The van der Waals surface area contributed by atoms with Crippen LogP contribution in [0.2, 0.25) is 5.02 Å². The van der Waals surface area contributed by atoms with Gasteiger partial charge in [0.25, 0.3) is 0 Å². The molecule has 17 heavy (non-hydrogen) atoms. The van der Waals surface area contributed by atoms with Crippen LogP contribution in [0.4, 0.5) is 0 Å². The summed E-state index contributed by atoms with van der Waals surface area (Å²) in [4.78, 5) is 0. The van der Waals surface area contributed by atoms with E-state index < -0.39 is 0 Å². The highest BCUT2D eigenvalue weighted by Gasteiger charge is 2.19. The van der Waals surface area contributed by atoms with Gasteiger partial charge in [0.05, 0.1) is 23.0 Å². The standard InChI is InChI=1S/C13H24ClN3/c1-5-7-8-12(16-10(3)4)13-11(14)9-15-17(13)6-2/h9-10,12,16H,5-8H2,1-4H3. The first-order valence-corrected chi connectivity index (χ1v) is 6.95. The fourth-order valence-corrected chi connectivity index (χ4v) is 2.35. The molecule has 0 saturated heterocycles. The van der Waals surface area contributed by atoms with E-state index in [1.807, 2.05) is 4.68 Å². The molecule has 0 aliphatic carbocycles. The van der Waals surface area contributed by atoms with E-state index in [0.717, 1.165) is 23.7 Å². The number of nitrogens with zero attached hydrogens (tertiary/aromatic N) is 2. The quantitative estimate of drug-likeness (QED) is 0.806. The van der Waals surface area contributed by atoms with Gasteiger partial charge < -0.3 is 5.32 Å². The summed E-state index contributed by atoms with van der Waals surface area (Å²) in [5.41, 5.74) is 1.14. The Balaban J connectivity index is 2.89. The zero-order valence-corrected chi connectivity index (χ0v) is 12.1. The molecule has 0 aromatic carbocycles. The fraction of sp³-hybridized carbons (Fsp3) is 0.769. The van der Waals surface area contributed by atoms with Crippen LogP contribution in [0.3, 0.4) is 0 Å². The summed E-state index contributed by atoms with van der Waals surface area (Å²) in [5, 5.41) is 8.68. The highest BCUT2D eigenvalue weighted by molar-refractivity contribution is 6.31. The lowest BCUT2D eigenvalue weighted by molar-refractivity contribution is 0.411. The van der Waals surface area contributed by atoms with Crippen LogP contribution in [0, 0.1) is 0 Å². The van der Waals surface area contributed by atoms with Gasteiger partial charge in [0.2, 0.25) is 0 Å². The molecule has 3 nitrogen and oxygen atoms in total. The van der Waals surface area contributed by atoms with Crippen LogP contribution in [0.25, 0.3) is 0 Å². The van der Waals surface area contributed by atoms with E-state index in [-0.39, 0.29) is 0 Å². The summed E-state index contributed by atoms with van der Waals surface area (Å²) in [6.07, 6.45) is 5.27. The molecular formula is C13H24ClN3. The van der Waals surface area contributed by atoms with Crippen LogP contribution >= 0.6 is 11.6 Å². The van der Waals surface area contributed by atoms with Crippen LogP contribution < -0.4 is 5.32 Å². The maximum atomic E-state index is 6.26. The smallest absolute Gasteiger partial charge is 0.0834 e. The molecule has 0 amide bonds. The Bertz CT molecular complexity index is 333. The van der Waals surface area contributed by atoms with Gasteiger partial charge in [-0.05, 0) is 13.3 Å². The minimum atomic E-state index is 0.310. The van der Waals surface area contributed by atoms with E-state index in [1.54, 1.807) is 6.20 Å². The van der Waals surface area contributed by atoms with Gasteiger partial charge in [-0.1, -0.05) is 45.2 Å². The van der Waals surface area contributed by atoms with E-state index in [2.05, 4.69) is 38.1 Å². The molecule has 0 radical (unpaired) electrons. The van der Waals surface area contributed by atoms with Crippen LogP contribution in [0.1, 0.15) is 58.7 Å². The number of rotatable bonds is 7. The lowest BCUT2D eigenvalue weighted by atomic mass is 10.1. The zero-order chi connectivity index (χ0) is 12.8. The molecule has 0 aliphatic heterocycles. The lowest BCUT2D eigenvalue weighted by Gasteiger charge is -2.22. The first kappa shape index (κ1) is 14.5. The van der Waals surface area contributed by atoms with Gasteiger partial charge in [-0.2, -0.15) is 5.10 Å². The Morgan fingerprint density at radius 3 is 2.65 bits per heavy atom. The van der Waals surface area contributed by atoms with E-state index in [4.69, 9.17) is 11.6 Å². The Morgan fingerprint density at radius 2 is 2.12 bits per heavy atom. The molecule has 0 saturated carbocycles. The third kappa shape index (κ3) is 4.00. The SMILES string of the molecule is CCCCC(NC(C)C)c1c(Cl)cnn1CC. The summed E-state index contributed by atoms with van der Waals surface area (Å²) in [6.45, 7) is 9.51. The van der Waals surface area contributed by atoms with Crippen LogP contribution in [0.5, 0.6) is 0 Å². The third-order valence-corrected chi connectivity index (χ3v) is 3.13. The summed E-state index contributed by atoms with van der Waals surface area (Å²) < 4.78 is 2.00. The largest absolute Gasteiger partial charge is 0.306 e. The molecule has 1 heterocycles. The molecule has 1 aromatic heterocycles. The van der Waals surface area contributed by atoms with Gasteiger partial charge in [-0.3, -0.25) is 4.68 Å². The molecule has 1 aromatic rings. The zero-order valence-electron chi connectivity index (χ0n) is 11.3. The van der Waals surface area contributed by atoms with Crippen molar-refractivity contribution in [2.24, 2.45) is 0 Å². The highest BCUT2D eigenvalue weighted by Crippen LogP contribution is 2.27. The minimum absolute atomic E-state index is 0.310. The van der Waals surface area contributed by atoms with Crippen molar-refractivity contribution in [1.29, 1.82) is 0 Å². The number of hydrogen-bond acceptors (Lipinski definition) is 2. The van der Waals surface area contributed by atoms with Crippen molar-refractivity contribution in [3.63, 3.8) is 0 Å². The third-order valence-electron chi connectivity index (χ3n) is 2.84. The second kappa shape index (κ2) is 7.02. The van der Waals surface area contributed by atoms with Crippen molar-refractivity contribution >= 4 is 11.6 Å². The summed E-state index contributed by atoms with van der Waals surface area (Å²) in [6, 6.07) is 0.762. The Hall–Kier alpha value is -0.540. The van der Waals surface area contributed by atoms with E-state index in [1.165, 1.54) is 12.8 Å². The number of aromatic nitrogens is 2. The minimum Gasteiger partial charge on any atom is -0.306 e. The van der Waals surface area contributed by atoms with Crippen molar-refractivity contribution in [2.45, 2.75) is 65.6 Å². The highest BCUT2D eigenvalue weighted by atomic mass is 35.5. The predicted molar refractivity (Wildman–Crippen MR) is 73.4 cm³/mol. The van der Waals surface area contributed by atoms with Crippen molar-refractivity contribution < 1.29 is 0 Å². The number of unbranched alkanes of at least 4 members (excludes halogenated alkanes) is 1. The van der Waals surface area contributed by atoms with Gasteiger partial charge in [0, 0.05) is 12.6 Å². The molecule has 1 unspecified atom stereocenters. The van der Waals surface area contributed by atoms with E-state index in [0.29, 0.717) is 12.1 Å². The number of hydrogen-bond donors (Lipinski definition) is 1. The Kier molecular flexibility index (Phi) is 6.00. The second-order valence-corrected chi connectivity index (χ2v) is 5.12. The number of nitrogens with one attached hydrogen (secondary N) is 1. The van der Waals surface area contributed by atoms with E-state index in [9.17, 15) is 0 Å². The molecule has 4 heteroatoms. The van der Waals surface area contributed by atoms with Gasteiger partial charge in [-0.15, -0.1) is 0 Å². The van der Waals surface area contributed by atoms with Crippen molar-refractivity contribution in [1.82, 2.24) is 15.1 Å². The van der Waals surface area contributed by atoms with Crippen molar-refractivity contribution in [3.8, 4) is 0 Å². The second-order valence-electron chi connectivity index (χ2n) is 4.71. The molecular weight excluding hydrogens is 234 g/mol. The molecule has 0 fully saturated rings. The lowest BCUT2D eigenvalue weighted by Crippen LogP contribution is -2.30. The first-order valence-electron chi connectivity index (χ1n) is 6.57. The summed E-state index contributed by atoms with van der Waals surface area (Å²) in [5.74, 6) is 0. The number of halogens is 1. The Morgan fingerprint density at radius 1 is 1.41 bits per heavy atom. The average molecular weight is 258 g/mol. The molecule has 1 rings (SSSR count). The van der Waals surface area contributed by atoms with Gasteiger partial charge in [0.1, 0.15) is 0 Å². The normalized spacial score (nSPS) is 13.3. The van der Waals surface area contributed by atoms with Crippen molar-refractivity contribution in [3.05, 3.63) is 16.9 Å². The van der Waals surface area contributed by atoms with Crippen molar-refractivity contribution in [2.75, 3.05) is 0 Å². The average Bonchev–Trinajstić information content (AvgIpc) is 2.65. The maximum Gasteiger partial charge on any atom is 0.0834 e. The van der Waals surface area contributed by atoms with Gasteiger partial charge >= 0.3 is 0 Å². The monoisotopic (exact) mass is 257 g/mol. The molecule has 0 aliphatic rings. The molecule has 0 bridgehead atoms. The van der Waals surface area contributed by atoms with Crippen LogP contribution in [-0.4, -0.2) is 15.8 Å². The van der Waals surface area contributed by atoms with Crippen LogP contribution in [0.15, 0.2) is 6.20 Å². The molecule has 98 valence electrons. The van der Waals surface area contributed by atoms with Crippen LogP contribution in [-0.2, 0) is 6.54 Å². The summed E-state index contributed by atoms with van der Waals surface area (Å²) >= 11 is 6.26. The van der Waals surface area contributed by atoms with Gasteiger partial charge in [-0.25, -0.2) is 0 Å². The summed E-state index contributed by atoms with van der Waals surface area (Å²) in [7, 11) is 0. The molecule has 0 spiro atoms. The number of aryl methyl sites for hydroxylation is 1. The first-order chi connectivity index (χ1) is 8.10. The van der Waals surface area contributed by atoms with Gasteiger partial charge in [0.15, 0.2) is 0 Å². The van der Waals surface area contributed by atoms with E-state index >= 15 is 0 Å². The topological polar surface area (TPSA) is 29.9 Å². The Labute approximate surface area is 110 Å². The maximum absolute atomic E-state index is 6.26. The fourth-order valence-electron chi connectivity index (χ4n) is 2.08. The molecule has 1 N–H and O–H groups in total.